The first kappa shape index (κ1) is 17.3. The molecule has 0 spiro atoms. The van der Waals surface area contributed by atoms with Crippen molar-refractivity contribution in [3.05, 3.63) is 0 Å². The molecule has 2 nitrogen and oxygen atoms in total. The van der Waals surface area contributed by atoms with E-state index >= 15 is 0 Å². The molecule has 0 aromatic carbocycles. The first-order chi connectivity index (χ1) is 7.18. The minimum absolute atomic E-state index is 0.522. The van der Waals surface area contributed by atoms with Crippen LogP contribution in [-0.2, 0) is 0 Å². The fourth-order valence-corrected chi connectivity index (χ4v) is 1.25. The Balaban J connectivity index is 0. The molecular formula is C13H30O2. The zero-order valence-electron chi connectivity index (χ0n) is 10.8. The predicted octanol–water partition coefficient (Wildman–Crippen LogP) is 3.85. The van der Waals surface area contributed by atoms with Crippen LogP contribution in [0.15, 0.2) is 0 Å². The van der Waals surface area contributed by atoms with Gasteiger partial charge in [0, 0.05) is 0 Å². The highest BCUT2D eigenvalue weighted by Crippen LogP contribution is 2.00. The molecule has 0 aliphatic heterocycles. The van der Waals surface area contributed by atoms with E-state index in [9.17, 15) is 0 Å². The van der Waals surface area contributed by atoms with Gasteiger partial charge in [0.15, 0.2) is 6.29 Å². The van der Waals surface area contributed by atoms with Crippen LogP contribution in [-0.4, -0.2) is 16.5 Å². The second-order valence-corrected chi connectivity index (χ2v) is 4.04. The molecule has 0 heterocycles. The predicted molar refractivity (Wildman–Crippen MR) is 66.8 cm³/mol. The lowest BCUT2D eigenvalue weighted by atomic mass is 10.2. The van der Waals surface area contributed by atoms with Gasteiger partial charge in [0.1, 0.15) is 0 Å². The van der Waals surface area contributed by atoms with Gasteiger partial charge in [0.2, 0.25) is 0 Å². The van der Waals surface area contributed by atoms with Crippen molar-refractivity contribution in [2.75, 3.05) is 0 Å². The smallest absolute Gasteiger partial charge is 0.151 e. The Morgan fingerprint density at radius 3 is 1.40 bits per heavy atom. The highest BCUT2D eigenvalue weighted by molar-refractivity contribution is 4.40. The number of hydrogen-bond acceptors (Lipinski definition) is 2. The first-order valence-electron chi connectivity index (χ1n) is 6.55. The molecule has 0 fully saturated rings. The van der Waals surface area contributed by atoms with Crippen molar-refractivity contribution in [3.63, 3.8) is 0 Å². The lowest BCUT2D eigenvalue weighted by molar-refractivity contribution is -0.0465. The summed E-state index contributed by atoms with van der Waals surface area (Å²) < 4.78 is 0. The van der Waals surface area contributed by atoms with Gasteiger partial charge in [0.25, 0.3) is 0 Å². The fourth-order valence-electron chi connectivity index (χ4n) is 1.25. The monoisotopic (exact) mass is 218 g/mol. The van der Waals surface area contributed by atoms with Gasteiger partial charge in [-0.1, -0.05) is 65.7 Å². The zero-order valence-corrected chi connectivity index (χ0v) is 10.8. The van der Waals surface area contributed by atoms with Crippen molar-refractivity contribution in [2.45, 2.75) is 84.8 Å². The topological polar surface area (TPSA) is 40.5 Å². The third kappa shape index (κ3) is 24.9. The van der Waals surface area contributed by atoms with Crippen molar-refractivity contribution in [1.29, 1.82) is 0 Å². The molecule has 2 N–H and O–H groups in total. The Hall–Kier alpha value is -0.0800. The molecule has 0 aliphatic rings. The Bertz CT molecular complexity index is 88.5. The van der Waals surface area contributed by atoms with Crippen LogP contribution >= 0.6 is 0 Å². The van der Waals surface area contributed by atoms with Crippen LogP contribution < -0.4 is 0 Å². The number of aliphatic hydroxyl groups is 2. The Morgan fingerprint density at radius 1 is 0.667 bits per heavy atom. The molecule has 0 aliphatic carbocycles. The molecule has 0 amide bonds. The van der Waals surface area contributed by atoms with E-state index in [4.69, 9.17) is 10.2 Å². The Labute approximate surface area is 95.7 Å². The van der Waals surface area contributed by atoms with Crippen LogP contribution in [0.2, 0.25) is 0 Å². The summed E-state index contributed by atoms with van der Waals surface area (Å²) >= 11 is 0. The molecule has 0 bridgehead atoms. The Morgan fingerprint density at radius 2 is 1.07 bits per heavy atom. The molecule has 0 unspecified atom stereocenters. The number of rotatable bonds is 8. The lowest BCUT2D eigenvalue weighted by Crippen LogP contribution is -2.02. The SMILES string of the molecule is CCCCCC(O)O.CCCCCCC. The van der Waals surface area contributed by atoms with Gasteiger partial charge in [-0.2, -0.15) is 0 Å². The molecule has 0 atom stereocenters. The summed E-state index contributed by atoms with van der Waals surface area (Å²) in [6.45, 7) is 6.58. The Kier molecular flexibility index (Phi) is 18.9. The van der Waals surface area contributed by atoms with Crippen molar-refractivity contribution in [3.8, 4) is 0 Å². The molecule has 2 heteroatoms. The van der Waals surface area contributed by atoms with E-state index in [-0.39, 0.29) is 0 Å². The van der Waals surface area contributed by atoms with Crippen LogP contribution in [0, 0.1) is 0 Å². The average molecular weight is 218 g/mol. The van der Waals surface area contributed by atoms with Crippen LogP contribution in [0.5, 0.6) is 0 Å². The molecule has 0 saturated heterocycles. The van der Waals surface area contributed by atoms with E-state index in [1.807, 2.05) is 0 Å². The molecule has 0 aromatic heterocycles. The summed E-state index contributed by atoms with van der Waals surface area (Å²) in [6, 6.07) is 0. The van der Waals surface area contributed by atoms with Crippen molar-refractivity contribution in [2.24, 2.45) is 0 Å². The maximum absolute atomic E-state index is 8.33. The first-order valence-corrected chi connectivity index (χ1v) is 6.55. The van der Waals surface area contributed by atoms with Crippen molar-refractivity contribution < 1.29 is 10.2 Å². The normalized spacial score (nSPS) is 10.0. The van der Waals surface area contributed by atoms with E-state index in [0.29, 0.717) is 6.42 Å². The van der Waals surface area contributed by atoms with Gasteiger partial charge in [-0.25, -0.2) is 0 Å². The number of aliphatic hydroxyl groups excluding tert-OH is 1. The van der Waals surface area contributed by atoms with E-state index in [1.165, 1.54) is 32.1 Å². The second-order valence-electron chi connectivity index (χ2n) is 4.04. The van der Waals surface area contributed by atoms with Gasteiger partial charge in [-0.3, -0.25) is 0 Å². The number of unbranched alkanes of at least 4 members (excludes halogenated alkanes) is 6. The quantitative estimate of drug-likeness (QED) is 0.480. The standard InChI is InChI=1S/C7H16.C6H14O2/c1-3-5-7-6-4-2;1-2-3-4-5-6(7)8/h3-7H2,1-2H3;6-8H,2-5H2,1H3. The van der Waals surface area contributed by atoms with Crippen LogP contribution in [0.3, 0.4) is 0 Å². The van der Waals surface area contributed by atoms with Crippen LogP contribution in [0.4, 0.5) is 0 Å². The van der Waals surface area contributed by atoms with Gasteiger partial charge < -0.3 is 10.2 Å². The molecule has 15 heavy (non-hydrogen) atoms. The summed E-state index contributed by atoms with van der Waals surface area (Å²) in [5.74, 6) is 0. The van der Waals surface area contributed by atoms with E-state index < -0.39 is 6.29 Å². The molecule has 0 radical (unpaired) electrons. The van der Waals surface area contributed by atoms with Crippen LogP contribution in [0.25, 0.3) is 0 Å². The zero-order chi connectivity index (χ0) is 11.9. The highest BCUT2D eigenvalue weighted by Gasteiger charge is 1.93. The molecule has 94 valence electrons. The maximum Gasteiger partial charge on any atom is 0.151 e. The highest BCUT2D eigenvalue weighted by atomic mass is 16.5. The third-order valence-corrected chi connectivity index (χ3v) is 2.27. The number of hydrogen-bond donors (Lipinski definition) is 2. The van der Waals surface area contributed by atoms with E-state index in [0.717, 1.165) is 19.3 Å². The van der Waals surface area contributed by atoms with Crippen molar-refractivity contribution >= 4 is 0 Å². The van der Waals surface area contributed by atoms with Gasteiger partial charge in [-0.05, 0) is 12.8 Å². The molecule has 0 rings (SSSR count). The van der Waals surface area contributed by atoms with Gasteiger partial charge in [-0.15, -0.1) is 0 Å². The van der Waals surface area contributed by atoms with Gasteiger partial charge >= 0.3 is 0 Å². The summed E-state index contributed by atoms with van der Waals surface area (Å²) in [4.78, 5) is 0. The molecule has 0 aromatic rings. The summed E-state index contributed by atoms with van der Waals surface area (Å²) in [5.41, 5.74) is 0. The lowest BCUT2D eigenvalue weighted by Gasteiger charge is -1.99. The maximum atomic E-state index is 8.33. The third-order valence-electron chi connectivity index (χ3n) is 2.27. The summed E-state index contributed by atoms with van der Waals surface area (Å²) in [6.07, 6.45) is 9.59. The summed E-state index contributed by atoms with van der Waals surface area (Å²) in [7, 11) is 0. The fraction of sp³-hybridized carbons (Fsp3) is 1.00. The minimum atomic E-state index is -1.10. The second kappa shape index (κ2) is 16.4. The summed E-state index contributed by atoms with van der Waals surface area (Å²) in [5, 5.41) is 16.7. The van der Waals surface area contributed by atoms with Gasteiger partial charge in [0.05, 0.1) is 0 Å². The van der Waals surface area contributed by atoms with Crippen molar-refractivity contribution in [1.82, 2.24) is 0 Å². The average Bonchev–Trinajstić information content (AvgIpc) is 2.20. The minimum Gasteiger partial charge on any atom is -0.368 e. The molecule has 0 saturated carbocycles. The van der Waals surface area contributed by atoms with E-state index in [2.05, 4.69) is 20.8 Å². The largest absolute Gasteiger partial charge is 0.368 e. The van der Waals surface area contributed by atoms with E-state index in [1.54, 1.807) is 0 Å². The van der Waals surface area contributed by atoms with Crippen LogP contribution in [0.1, 0.15) is 78.6 Å². The molecular weight excluding hydrogens is 188 g/mol.